The van der Waals surface area contributed by atoms with E-state index in [0.29, 0.717) is 6.54 Å². The average molecular weight is 286 g/mol. The molecule has 1 aromatic heterocycles. The molecule has 2 rings (SSSR count). The molecule has 0 aliphatic heterocycles. The molecule has 2 aromatic rings. The van der Waals surface area contributed by atoms with Crippen LogP contribution in [-0.2, 0) is 6.42 Å². The number of nitrogens with one attached hydrogen (secondary N) is 1. The van der Waals surface area contributed by atoms with Crippen LogP contribution in [-0.4, -0.2) is 6.54 Å². The third kappa shape index (κ3) is 2.68. The van der Waals surface area contributed by atoms with Gasteiger partial charge in [0.05, 0.1) is 17.1 Å². The molecule has 0 fully saturated rings. The normalized spacial score (nSPS) is 10.6. The van der Waals surface area contributed by atoms with Crippen LogP contribution in [0.5, 0.6) is 0 Å². The number of thiophene rings is 1. The van der Waals surface area contributed by atoms with Crippen LogP contribution < -0.4 is 16.8 Å². The maximum Gasteiger partial charge on any atom is 0.169 e. The van der Waals surface area contributed by atoms with Crippen molar-refractivity contribution in [2.75, 3.05) is 23.3 Å². The van der Waals surface area contributed by atoms with Gasteiger partial charge in [-0.3, -0.25) is 0 Å². The second-order valence-electron chi connectivity index (χ2n) is 3.81. The molecule has 0 aliphatic carbocycles. The van der Waals surface area contributed by atoms with E-state index in [2.05, 4.69) is 5.32 Å². The van der Waals surface area contributed by atoms with Crippen molar-refractivity contribution in [2.45, 2.75) is 6.42 Å². The van der Waals surface area contributed by atoms with Gasteiger partial charge in [0.15, 0.2) is 5.82 Å². The Morgan fingerprint density at radius 2 is 2.11 bits per heavy atom. The first-order valence-electron chi connectivity index (χ1n) is 5.38. The van der Waals surface area contributed by atoms with Crippen LogP contribution in [0.15, 0.2) is 23.6 Å². The fraction of sp³-hybridized carbons (Fsp3) is 0.167. The second-order valence-corrected chi connectivity index (χ2v) is 5.22. The molecule has 18 heavy (non-hydrogen) atoms. The molecule has 0 bridgehead atoms. The van der Waals surface area contributed by atoms with Crippen molar-refractivity contribution >= 4 is 40.0 Å². The van der Waals surface area contributed by atoms with E-state index in [1.54, 1.807) is 11.3 Å². The monoisotopic (exact) mass is 285 g/mol. The molecule has 0 unspecified atom stereocenters. The third-order valence-electron chi connectivity index (χ3n) is 2.52. The van der Waals surface area contributed by atoms with E-state index >= 15 is 0 Å². The van der Waals surface area contributed by atoms with Crippen LogP contribution in [0.25, 0.3) is 0 Å². The summed E-state index contributed by atoms with van der Waals surface area (Å²) in [5, 5.41) is 4.86. The minimum absolute atomic E-state index is 0.0946. The van der Waals surface area contributed by atoms with Crippen molar-refractivity contribution < 1.29 is 4.39 Å². The van der Waals surface area contributed by atoms with Crippen LogP contribution in [0, 0.1) is 5.82 Å². The number of nitrogens with two attached hydrogens (primary N) is 2. The van der Waals surface area contributed by atoms with Crippen molar-refractivity contribution in [1.29, 1.82) is 0 Å². The van der Waals surface area contributed by atoms with Gasteiger partial charge in [-0.1, -0.05) is 17.7 Å². The molecule has 0 amide bonds. The van der Waals surface area contributed by atoms with E-state index < -0.39 is 5.82 Å². The Labute approximate surface area is 114 Å². The summed E-state index contributed by atoms with van der Waals surface area (Å²) in [5.74, 6) is -0.597. The third-order valence-corrected chi connectivity index (χ3v) is 3.84. The van der Waals surface area contributed by atoms with Crippen molar-refractivity contribution in [3.63, 3.8) is 0 Å². The molecule has 1 heterocycles. The molecular formula is C12H13ClFN3S. The van der Waals surface area contributed by atoms with Crippen LogP contribution in [0.2, 0.25) is 5.02 Å². The van der Waals surface area contributed by atoms with Crippen LogP contribution in [0.4, 0.5) is 21.5 Å². The summed E-state index contributed by atoms with van der Waals surface area (Å²) in [6.07, 6.45) is 0.804. The Bertz CT molecular complexity index is 543. The lowest BCUT2D eigenvalue weighted by atomic mass is 10.2. The first-order valence-corrected chi connectivity index (χ1v) is 6.64. The highest BCUT2D eigenvalue weighted by molar-refractivity contribution is 7.09. The molecule has 0 radical (unpaired) electrons. The smallest absolute Gasteiger partial charge is 0.169 e. The van der Waals surface area contributed by atoms with Gasteiger partial charge >= 0.3 is 0 Å². The molecule has 96 valence electrons. The van der Waals surface area contributed by atoms with Crippen LogP contribution in [0.3, 0.4) is 0 Å². The van der Waals surface area contributed by atoms with E-state index in [1.165, 1.54) is 10.9 Å². The standard InChI is InChI=1S/C12H13ClFN3S/c13-10-8(15)6-9(16)12(11(10)14)17-4-3-7-2-1-5-18-7/h1-2,5-6,17H,3-4,15-16H2. The summed E-state index contributed by atoms with van der Waals surface area (Å²) in [6, 6.07) is 5.47. The molecule has 0 saturated heterocycles. The number of nitrogen functional groups attached to an aromatic ring is 2. The fourth-order valence-corrected chi connectivity index (χ4v) is 2.47. The zero-order valence-corrected chi connectivity index (χ0v) is 11.1. The van der Waals surface area contributed by atoms with Gasteiger partial charge < -0.3 is 16.8 Å². The van der Waals surface area contributed by atoms with Crippen molar-refractivity contribution in [3.8, 4) is 0 Å². The first-order chi connectivity index (χ1) is 8.59. The molecule has 0 aliphatic rings. The molecular weight excluding hydrogens is 273 g/mol. The summed E-state index contributed by atoms with van der Waals surface area (Å²) in [7, 11) is 0. The summed E-state index contributed by atoms with van der Waals surface area (Å²) in [6.45, 7) is 0.585. The minimum Gasteiger partial charge on any atom is -0.397 e. The van der Waals surface area contributed by atoms with Gasteiger partial charge in [0.1, 0.15) is 5.02 Å². The highest BCUT2D eigenvalue weighted by atomic mass is 35.5. The first kappa shape index (κ1) is 13.0. The summed E-state index contributed by atoms with van der Waals surface area (Å²) < 4.78 is 13.8. The van der Waals surface area contributed by atoms with E-state index in [-0.39, 0.29) is 22.1 Å². The number of anilines is 3. The lowest BCUT2D eigenvalue weighted by molar-refractivity contribution is 0.632. The molecule has 3 nitrogen and oxygen atoms in total. The Morgan fingerprint density at radius 1 is 1.33 bits per heavy atom. The maximum atomic E-state index is 13.8. The molecule has 1 aromatic carbocycles. The number of halogens is 2. The summed E-state index contributed by atoms with van der Waals surface area (Å²) in [4.78, 5) is 1.23. The van der Waals surface area contributed by atoms with Gasteiger partial charge in [0.2, 0.25) is 0 Å². The quantitative estimate of drug-likeness (QED) is 0.755. The number of hydrogen-bond acceptors (Lipinski definition) is 4. The van der Waals surface area contributed by atoms with Crippen molar-refractivity contribution in [1.82, 2.24) is 0 Å². The minimum atomic E-state index is -0.597. The van der Waals surface area contributed by atoms with Gasteiger partial charge in [-0.2, -0.15) is 0 Å². The lowest BCUT2D eigenvalue weighted by Gasteiger charge is -2.12. The Morgan fingerprint density at radius 3 is 2.78 bits per heavy atom. The second kappa shape index (κ2) is 5.46. The fourth-order valence-electron chi connectivity index (χ4n) is 1.61. The molecule has 5 N–H and O–H groups in total. The van der Waals surface area contributed by atoms with Gasteiger partial charge in [-0.25, -0.2) is 4.39 Å². The van der Waals surface area contributed by atoms with Gasteiger partial charge in [0.25, 0.3) is 0 Å². The van der Waals surface area contributed by atoms with Gasteiger partial charge in [-0.15, -0.1) is 11.3 Å². The number of hydrogen-bond donors (Lipinski definition) is 3. The van der Waals surface area contributed by atoms with Crippen molar-refractivity contribution in [3.05, 3.63) is 39.3 Å². The molecule has 6 heteroatoms. The highest BCUT2D eigenvalue weighted by Crippen LogP contribution is 2.33. The largest absolute Gasteiger partial charge is 0.397 e. The van der Waals surface area contributed by atoms with Gasteiger partial charge in [-0.05, 0) is 23.9 Å². The maximum absolute atomic E-state index is 13.8. The SMILES string of the molecule is Nc1cc(N)c(NCCc2cccs2)c(F)c1Cl. The Kier molecular flexibility index (Phi) is 3.93. The Hall–Kier alpha value is -1.46. The van der Waals surface area contributed by atoms with E-state index in [0.717, 1.165) is 6.42 Å². The summed E-state index contributed by atoms with van der Waals surface area (Å²) >= 11 is 7.40. The van der Waals surface area contributed by atoms with Crippen LogP contribution >= 0.6 is 22.9 Å². The van der Waals surface area contributed by atoms with E-state index in [1.807, 2.05) is 17.5 Å². The Balaban J connectivity index is 2.07. The van der Waals surface area contributed by atoms with Gasteiger partial charge in [0, 0.05) is 11.4 Å². The topological polar surface area (TPSA) is 64.1 Å². The zero-order chi connectivity index (χ0) is 13.1. The highest BCUT2D eigenvalue weighted by Gasteiger charge is 2.13. The summed E-state index contributed by atoms with van der Waals surface area (Å²) in [5.41, 5.74) is 11.9. The molecule has 0 saturated carbocycles. The zero-order valence-electron chi connectivity index (χ0n) is 9.54. The average Bonchev–Trinajstić information content (AvgIpc) is 2.84. The van der Waals surface area contributed by atoms with Crippen LogP contribution in [0.1, 0.15) is 4.88 Å². The molecule has 0 spiro atoms. The molecule has 0 atom stereocenters. The van der Waals surface area contributed by atoms with E-state index in [9.17, 15) is 4.39 Å². The number of rotatable bonds is 4. The predicted molar refractivity (Wildman–Crippen MR) is 76.7 cm³/mol. The lowest BCUT2D eigenvalue weighted by Crippen LogP contribution is -2.09. The van der Waals surface area contributed by atoms with Crippen molar-refractivity contribution in [2.24, 2.45) is 0 Å². The predicted octanol–water partition coefficient (Wildman–Crippen LogP) is 3.36. The number of benzene rings is 1. The van der Waals surface area contributed by atoms with E-state index in [4.69, 9.17) is 23.1 Å².